The van der Waals surface area contributed by atoms with Crippen LogP contribution in [-0.4, -0.2) is 0 Å². The van der Waals surface area contributed by atoms with E-state index in [4.69, 9.17) is 0 Å². The van der Waals surface area contributed by atoms with E-state index in [-0.39, 0.29) is 0 Å². The molecule has 1 rings (SSSR count). The molecule has 0 amide bonds. The Balaban J connectivity index is 2.45. The topological polar surface area (TPSA) is 0 Å². The van der Waals surface area contributed by atoms with Crippen LogP contribution >= 0.6 is 0 Å². The summed E-state index contributed by atoms with van der Waals surface area (Å²) in [6, 6.07) is 8.74. The second kappa shape index (κ2) is 6.44. The lowest BCUT2D eigenvalue weighted by Gasteiger charge is -2.10. The Morgan fingerprint density at radius 2 is 1.93 bits per heavy atom. The summed E-state index contributed by atoms with van der Waals surface area (Å²) < 4.78 is 0. The molecule has 0 spiro atoms. The Morgan fingerprint density at radius 1 is 1.27 bits per heavy atom. The Morgan fingerprint density at radius 3 is 2.47 bits per heavy atom. The van der Waals surface area contributed by atoms with Crippen molar-refractivity contribution in [2.24, 2.45) is 5.92 Å². The predicted octanol–water partition coefficient (Wildman–Crippen LogP) is 4.70. The van der Waals surface area contributed by atoms with Crippen molar-refractivity contribution in [2.45, 2.75) is 39.5 Å². The minimum Gasteiger partial charge on any atom is -0.0985 e. The Bertz CT molecular complexity index is 281. The lowest BCUT2D eigenvalue weighted by molar-refractivity contribution is 0.503. The van der Waals surface area contributed by atoms with E-state index in [2.05, 4.69) is 44.7 Å². The van der Waals surface area contributed by atoms with Crippen LogP contribution in [0.4, 0.5) is 0 Å². The summed E-state index contributed by atoms with van der Waals surface area (Å²) in [6.45, 7) is 8.36. The molecule has 0 bridgehead atoms. The van der Waals surface area contributed by atoms with Gasteiger partial charge in [0.2, 0.25) is 0 Å². The Labute approximate surface area is 94.0 Å². The van der Waals surface area contributed by atoms with Crippen molar-refractivity contribution >= 4 is 6.08 Å². The molecule has 0 N–H and O–H groups in total. The molecule has 1 aromatic carbocycles. The van der Waals surface area contributed by atoms with Crippen LogP contribution in [0.3, 0.4) is 0 Å². The van der Waals surface area contributed by atoms with Gasteiger partial charge in [-0.05, 0) is 23.5 Å². The van der Waals surface area contributed by atoms with Gasteiger partial charge in [-0.2, -0.15) is 0 Å². The van der Waals surface area contributed by atoms with Crippen molar-refractivity contribution in [3.8, 4) is 0 Å². The zero-order valence-electron chi connectivity index (χ0n) is 10.00. The van der Waals surface area contributed by atoms with Crippen molar-refractivity contribution in [3.63, 3.8) is 0 Å². The van der Waals surface area contributed by atoms with Gasteiger partial charge in [-0.15, -0.1) is 0 Å². The molecule has 0 aliphatic heterocycles. The molecular formula is C15H22. The molecule has 82 valence electrons. The smallest absolute Gasteiger partial charge is 0.0253 e. The van der Waals surface area contributed by atoms with Gasteiger partial charge >= 0.3 is 0 Å². The number of unbranched alkanes of at least 4 members (excludes halogenated alkanes) is 1. The molecule has 0 radical (unpaired) electrons. The standard InChI is InChI=1S/C15H22/c1-4-6-7-13(3)12-15-10-8-14(5-2)9-11-15/h5,8-11,13H,2,4,6-7,12H2,1,3H3. The van der Waals surface area contributed by atoms with Gasteiger partial charge < -0.3 is 0 Å². The molecule has 0 heteroatoms. The average Bonchev–Trinajstić information content (AvgIpc) is 2.27. The van der Waals surface area contributed by atoms with E-state index in [1.807, 2.05) is 6.08 Å². The minimum atomic E-state index is 0.805. The van der Waals surface area contributed by atoms with Crippen LogP contribution < -0.4 is 0 Å². The summed E-state index contributed by atoms with van der Waals surface area (Å²) in [7, 11) is 0. The van der Waals surface area contributed by atoms with Crippen LogP contribution in [0.2, 0.25) is 0 Å². The second-order valence-corrected chi connectivity index (χ2v) is 4.40. The number of rotatable bonds is 6. The van der Waals surface area contributed by atoms with Crippen LogP contribution in [0.25, 0.3) is 6.08 Å². The first-order valence-electron chi connectivity index (χ1n) is 5.97. The Kier molecular flexibility index (Phi) is 5.17. The van der Waals surface area contributed by atoms with Gasteiger partial charge in [0.15, 0.2) is 0 Å². The number of hydrogen-bond acceptors (Lipinski definition) is 0. The van der Waals surface area contributed by atoms with Crippen LogP contribution in [0.5, 0.6) is 0 Å². The molecule has 1 unspecified atom stereocenters. The van der Waals surface area contributed by atoms with E-state index in [1.165, 1.54) is 36.8 Å². The predicted molar refractivity (Wildman–Crippen MR) is 68.9 cm³/mol. The van der Waals surface area contributed by atoms with E-state index in [1.54, 1.807) is 0 Å². The maximum atomic E-state index is 3.76. The van der Waals surface area contributed by atoms with Crippen molar-refractivity contribution < 1.29 is 0 Å². The van der Waals surface area contributed by atoms with Gasteiger partial charge in [0.1, 0.15) is 0 Å². The van der Waals surface area contributed by atoms with Crippen LogP contribution in [-0.2, 0) is 6.42 Å². The largest absolute Gasteiger partial charge is 0.0985 e. The molecule has 0 nitrogen and oxygen atoms in total. The fourth-order valence-corrected chi connectivity index (χ4v) is 1.85. The van der Waals surface area contributed by atoms with Gasteiger partial charge in [-0.3, -0.25) is 0 Å². The third-order valence-electron chi connectivity index (χ3n) is 2.85. The lowest BCUT2D eigenvalue weighted by Crippen LogP contribution is -1.99. The summed E-state index contributed by atoms with van der Waals surface area (Å²) in [4.78, 5) is 0. The fraction of sp³-hybridized carbons (Fsp3) is 0.467. The molecule has 0 aliphatic rings. The molecule has 0 heterocycles. The molecule has 0 saturated heterocycles. The third-order valence-corrected chi connectivity index (χ3v) is 2.85. The normalized spacial score (nSPS) is 12.4. The molecule has 0 fully saturated rings. The molecule has 0 aliphatic carbocycles. The zero-order valence-corrected chi connectivity index (χ0v) is 10.00. The second-order valence-electron chi connectivity index (χ2n) is 4.40. The van der Waals surface area contributed by atoms with E-state index in [0.29, 0.717) is 0 Å². The fourth-order valence-electron chi connectivity index (χ4n) is 1.85. The quantitative estimate of drug-likeness (QED) is 0.627. The summed E-state index contributed by atoms with van der Waals surface area (Å²) in [5, 5.41) is 0. The molecule has 0 aromatic heterocycles. The molecule has 1 atom stereocenters. The van der Waals surface area contributed by atoms with Gasteiger partial charge in [0, 0.05) is 0 Å². The number of benzene rings is 1. The lowest BCUT2D eigenvalue weighted by atomic mass is 9.95. The maximum absolute atomic E-state index is 3.76. The zero-order chi connectivity index (χ0) is 11.1. The van der Waals surface area contributed by atoms with Crippen molar-refractivity contribution in [1.82, 2.24) is 0 Å². The molecule has 1 aromatic rings. The highest BCUT2D eigenvalue weighted by Gasteiger charge is 2.02. The first-order chi connectivity index (χ1) is 7.26. The van der Waals surface area contributed by atoms with Crippen molar-refractivity contribution in [3.05, 3.63) is 42.0 Å². The highest BCUT2D eigenvalue weighted by Crippen LogP contribution is 2.15. The van der Waals surface area contributed by atoms with Gasteiger partial charge in [-0.25, -0.2) is 0 Å². The Hall–Kier alpha value is -1.04. The summed E-state index contributed by atoms with van der Waals surface area (Å²) in [6.07, 6.45) is 7.10. The molecular weight excluding hydrogens is 180 g/mol. The SMILES string of the molecule is C=Cc1ccc(CC(C)CCCC)cc1. The van der Waals surface area contributed by atoms with Crippen LogP contribution in [0.15, 0.2) is 30.8 Å². The van der Waals surface area contributed by atoms with Crippen LogP contribution in [0.1, 0.15) is 44.2 Å². The van der Waals surface area contributed by atoms with Gasteiger partial charge in [0.05, 0.1) is 0 Å². The van der Waals surface area contributed by atoms with Gasteiger partial charge in [-0.1, -0.05) is 70.0 Å². The maximum Gasteiger partial charge on any atom is -0.0253 e. The van der Waals surface area contributed by atoms with Crippen molar-refractivity contribution in [2.75, 3.05) is 0 Å². The van der Waals surface area contributed by atoms with E-state index in [9.17, 15) is 0 Å². The first-order valence-corrected chi connectivity index (χ1v) is 5.97. The number of hydrogen-bond donors (Lipinski definition) is 0. The minimum absolute atomic E-state index is 0.805. The summed E-state index contributed by atoms with van der Waals surface area (Å²) in [5.74, 6) is 0.805. The van der Waals surface area contributed by atoms with Crippen molar-refractivity contribution in [1.29, 1.82) is 0 Å². The van der Waals surface area contributed by atoms with Crippen LogP contribution in [0, 0.1) is 5.92 Å². The third kappa shape index (κ3) is 4.33. The average molecular weight is 202 g/mol. The van der Waals surface area contributed by atoms with E-state index >= 15 is 0 Å². The van der Waals surface area contributed by atoms with E-state index < -0.39 is 0 Å². The molecule has 0 saturated carbocycles. The summed E-state index contributed by atoms with van der Waals surface area (Å²) >= 11 is 0. The van der Waals surface area contributed by atoms with Gasteiger partial charge in [0.25, 0.3) is 0 Å². The highest BCUT2D eigenvalue weighted by molar-refractivity contribution is 5.47. The highest BCUT2D eigenvalue weighted by atomic mass is 14.1. The molecule has 15 heavy (non-hydrogen) atoms. The monoisotopic (exact) mass is 202 g/mol. The first kappa shape index (κ1) is 12.0. The van der Waals surface area contributed by atoms with E-state index in [0.717, 1.165) is 5.92 Å². The summed E-state index contributed by atoms with van der Waals surface area (Å²) in [5.41, 5.74) is 2.66.